The quantitative estimate of drug-likeness (QED) is 0.402. The second-order valence-corrected chi connectivity index (χ2v) is 10.6. The first-order valence-electron chi connectivity index (χ1n) is 12.0. The maximum absolute atomic E-state index is 12.8. The van der Waals surface area contributed by atoms with E-state index in [2.05, 4.69) is 40.8 Å². The summed E-state index contributed by atoms with van der Waals surface area (Å²) < 4.78 is 3.92. The van der Waals surface area contributed by atoms with Gasteiger partial charge in [0.2, 0.25) is 0 Å². The van der Waals surface area contributed by atoms with E-state index >= 15 is 0 Å². The van der Waals surface area contributed by atoms with E-state index in [1.165, 1.54) is 11.8 Å². The third-order valence-electron chi connectivity index (χ3n) is 6.83. The van der Waals surface area contributed by atoms with Crippen molar-refractivity contribution in [1.82, 2.24) is 29.2 Å². The van der Waals surface area contributed by atoms with Gasteiger partial charge >= 0.3 is 0 Å². The maximum atomic E-state index is 12.8. The van der Waals surface area contributed by atoms with E-state index in [0.29, 0.717) is 17.2 Å². The van der Waals surface area contributed by atoms with E-state index in [4.69, 9.17) is 5.10 Å². The third kappa shape index (κ3) is 4.38. The van der Waals surface area contributed by atoms with Crippen LogP contribution in [0.1, 0.15) is 40.5 Å². The van der Waals surface area contributed by atoms with Crippen molar-refractivity contribution in [3.05, 3.63) is 65.7 Å². The monoisotopic (exact) mass is 499 g/mol. The lowest BCUT2D eigenvalue weighted by atomic mass is 10.0. The number of nitrogens with zero attached hydrogens (tertiary/aromatic N) is 7. The van der Waals surface area contributed by atoms with Gasteiger partial charge in [0.05, 0.1) is 35.1 Å². The van der Waals surface area contributed by atoms with Crippen molar-refractivity contribution in [3.63, 3.8) is 0 Å². The zero-order chi connectivity index (χ0) is 25.4. The van der Waals surface area contributed by atoms with Crippen LogP contribution in [0.15, 0.2) is 58.7 Å². The van der Waals surface area contributed by atoms with Gasteiger partial charge < -0.3 is 9.80 Å². The number of likely N-dealkylation sites (tertiary alicyclic amines) is 1. The number of hydrogen-bond donors (Lipinski definition) is 0. The molecule has 0 atom stereocenters. The molecule has 1 saturated heterocycles. The lowest BCUT2D eigenvalue weighted by Gasteiger charge is -2.29. The first-order chi connectivity index (χ1) is 17.4. The van der Waals surface area contributed by atoms with Crippen LogP contribution in [-0.4, -0.2) is 69.3 Å². The molecule has 3 aromatic heterocycles. The molecule has 1 aliphatic heterocycles. The molecule has 4 aromatic rings. The van der Waals surface area contributed by atoms with Crippen LogP contribution in [0.25, 0.3) is 16.6 Å². The number of benzene rings is 1. The Hall–Kier alpha value is -3.61. The smallest absolute Gasteiger partial charge is 0.254 e. The van der Waals surface area contributed by atoms with Crippen LogP contribution in [0, 0.1) is 18.3 Å². The van der Waals surface area contributed by atoms with E-state index < -0.39 is 0 Å². The van der Waals surface area contributed by atoms with Crippen molar-refractivity contribution < 1.29 is 4.79 Å². The normalized spacial score (nSPS) is 14.8. The fourth-order valence-corrected chi connectivity index (χ4v) is 5.93. The SMILES string of the molecule is Cc1c(-c2cc(Sc3ccccc3C(=O)N(C)C)c3c(C#N)cnn3c2)cnn1C1CCN(C)CC1. The highest BCUT2D eigenvalue weighted by Gasteiger charge is 2.23. The van der Waals surface area contributed by atoms with E-state index in [1.807, 2.05) is 36.7 Å². The van der Waals surface area contributed by atoms with Crippen molar-refractivity contribution in [2.24, 2.45) is 0 Å². The zero-order valence-electron chi connectivity index (χ0n) is 21.0. The van der Waals surface area contributed by atoms with Crippen LogP contribution in [-0.2, 0) is 0 Å². The Balaban J connectivity index is 1.59. The van der Waals surface area contributed by atoms with Gasteiger partial charge in [0.25, 0.3) is 5.91 Å². The Bertz CT molecular complexity index is 1470. The van der Waals surface area contributed by atoms with Gasteiger partial charge in [-0.3, -0.25) is 9.48 Å². The van der Waals surface area contributed by atoms with Gasteiger partial charge in [0.1, 0.15) is 6.07 Å². The summed E-state index contributed by atoms with van der Waals surface area (Å²) in [5, 5.41) is 19.0. The molecule has 0 radical (unpaired) electrons. The summed E-state index contributed by atoms with van der Waals surface area (Å²) in [6.45, 7) is 4.26. The molecule has 0 aliphatic carbocycles. The van der Waals surface area contributed by atoms with Crippen molar-refractivity contribution in [1.29, 1.82) is 5.26 Å². The van der Waals surface area contributed by atoms with Crippen molar-refractivity contribution in [3.8, 4) is 17.2 Å². The fraction of sp³-hybridized carbons (Fsp3) is 0.333. The minimum absolute atomic E-state index is 0.0606. The molecule has 5 rings (SSSR count). The van der Waals surface area contributed by atoms with E-state index in [1.54, 1.807) is 29.7 Å². The first-order valence-corrected chi connectivity index (χ1v) is 12.8. The number of rotatable bonds is 5. The molecule has 1 aromatic carbocycles. The summed E-state index contributed by atoms with van der Waals surface area (Å²) in [4.78, 5) is 18.5. The van der Waals surface area contributed by atoms with Crippen LogP contribution < -0.4 is 0 Å². The van der Waals surface area contributed by atoms with Gasteiger partial charge in [-0.15, -0.1) is 0 Å². The number of aromatic nitrogens is 4. The number of fused-ring (bicyclic) bond motifs is 1. The van der Waals surface area contributed by atoms with Gasteiger partial charge in [-0.1, -0.05) is 23.9 Å². The van der Waals surface area contributed by atoms with Crippen LogP contribution >= 0.6 is 11.8 Å². The molecule has 0 unspecified atom stereocenters. The average molecular weight is 500 g/mol. The molecule has 8 nitrogen and oxygen atoms in total. The van der Waals surface area contributed by atoms with Crippen molar-refractivity contribution in [2.75, 3.05) is 34.2 Å². The van der Waals surface area contributed by atoms with Crippen molar-refractivity contribution in [2.45, 2.75) is 35.6 Å². The molecule has 0 saturated carbocycles. The highest BCUT2D eigenvalue weighted by molar-refractivity contribution is 7.99. The molecule has 9 heteroatoms. The predicted molar refractivity (Wildman–Crippen MR) is 140 cm³/mol. The van der Waals surface area contributed by atoms with Crippen LogP contribution in [0.5, 0.6) is 0 Å². The summed E-state index contributed by atoms with van der Waals surface area (Å²) in [5.41, 5.74) is 5.00. The topological polar surface area (TPSA) is 82.5 Å². The number of hydrogen-bond acceptors (Lipinski definition) is 6. The molecule has 0 bridgehead atoms. The standard InChI is InChI=1S/C27H29N7OS/c1-18-23(16-30-34(18)21-9-11-32(4)12-10-21)19-13-25(26-20(14-28)15-29-33(26)17-19)36-24-8-6-5-7-22(24)27(35)31(2)3/h5-8,13,15-17,21H,9-12H2,1-4H3. The minimum atomic E-state index is -0.0606. The molecule has 1 fully saturated rings. The molecular weight excluding hydrogens is 470 g/mol. The summed E-state index contributed by atoms with van der Waals surface area (Å²) in [5.74, 6) is -0.0606. The first kappa shape index (κ1) is 24.1. The van der Waals surface area contributed by atoms with Gasteiger partial charge in [-0.05, 0) is 58.1 Å². The Kier molecular flexibility index (Phi) is 6.56. The number of carbonyl (C=O) groups is 1. The van der Waals surface area contributed by atoms with Crippen LogP contribution in [0.3, 0.4) is 0 Å². The summed E-state index contributed by atoms with van der Waals surface area (Å²) >= 11 is 1.48. The molecule has 184 valence electrons. The lowest BCUT2D eigenvalue weighted by Crippen LogP contribution is -2.32. The maximum Gasteiger partial charge on any atom is 0.254 e. The predicted octanol–water partition coefficient (Wildman–Crippen LogP) is 4.50. The molecule has 36 heavy (non-hydrogen) atoms. The largest absolute Gasteiger partial charge is 0.345 e. The van der Waals surface area contributed by atoms with Gasteiger partial charge in [-0.25, -0.2) is 4.52 Å². The third-order valence-corrected chi connectivity index (χ3v) is 7.94. The highest BCUT2D eigenvalue weighted by atomic mass is 32.2. The van der Waals surface area contributed by atoms with E-state index in [9.17, 15) is 10.1 Å². The summed E-state index contributed by atoms with van der Waals surface area (Å²) in [6.07, 6.45) is 7.65. The Morgan fingerprint density at radius 1 is 1.14 bits per heavy atom. The molecule has 0 spiro atoms. The zero-order valence-corrected chi connectivity index (χ0v) is 21.8. The molecule has 0 N–H and O–H groups in total. The van der Waals surface area contributed by atoms with E-state index in [0.717, 1.165) is 58.1 Å². The number of carbonyl (C=O) groups excluding carboxylic acids is 1. The minimum Gasteiger partial charge on any atom is -0.345 e. The fourth-order valence-electron chi connectivity index (χ4n) is 4.80. The second-order valence-electron chi connectivity index (χ2n) is 9.48. The van der Waals surface area contributed by atoms with Gasteiger partial charge in [0, 0.05) is 46.9 Å². The van der Waals surface area contributed by atoms with E-state index in [-0.39, 0.29) is 5.91 Å². The molecular formula is C27H29N7OS. The summed E-state index contributed by atoms with van der Waals surface area (Å²) in [7, 11) is 5.66. The van der Waals surface area contributed by atoms with Crippen molar-refractivity contribution >= 4 is 23.2 Å². The Morgan fingerprint density at radius 2 is 1.89 bits per heavy atom. The number of amides is 1. The molecule has 4 heterocycles. The summed E-state index contributed by atoms with van der Waals surface area (Å²) in [6, 6.07) is 12.3. The second kappa shape index (κ2) is 9.80. The van der Waals surface area contributed by atoms with Gasteiger partial charge in [0.15, 0.2) is 0 Å². The lowest BCUT2D eigenvalue weighted by molar-refractivity contribution is 0.0824. The Morgan fingerprint density at radius 3 is 2.61 bits per heavy atom. The van der Waals surface area contributed by atoms with Crippen LogP contribution in [0.4, 0.5) is 0 Å². The average Bonchev–Trinajstić information content (AvgIpc) is 3.47. The number of nitriles is 1. The van der Waals surface area contributed by atoms with Gasteiger partial charge in [-0.2, -0.15) is 15.5 Å². The Labute approximate surface area is 215 Å². The number of piperidine rings is 1. The van der Waals surface area contributed by atoms with Crippen LogP contribution in [0.2, 0.25) is 0 Å². The molecule has 1 amide bonds. The highest BCUT2D eigenvalue weighted by Crippen LogP contribution is 2.38. The molecule has 1 aliphatic rings. The number of pyridine rings is 1.